The molecule has 1 amide bonds. The van der Waals surface area contributed by atoms with Crippen molar-refractivity contribution in [2.24, 2.45) is 0 Å². The Morgan fingerprint density at radius 2 is 2.38 bits per heavy atom. The van der Waals surface area contributed by atoms with E-state index in [9.17, 15) is 4.79 Å². The summed E-state index contributed by atoms with van der Waals surface area (Å²) < 4.78 is 0. The molecule has 0 radical (unpaired) electrons. The van der Waals surface area contributed by atoms with Crippen molar-refractivity contribution in [2.75, 3.05) is 5.32 Å². The maximum absolute atomic E-state index is 11.1. The minimum atomic E-state index is -1.00. The molecule has 0 unspecified atom stereocenters. The van der Waals surface area contributed by atoms with Crippen LogP contribution in [-0.4, -0.2) is 22.1 Å². The van der Waals surface area contributed by atoms with E-state index in [1.54, 1.807) is 18.5 Å². The maximum Gasteiger partial charge on any atom is 0.252 e. The fraction of sp³-hybridized carbons (Fsp3) is 0.333. The quantitative estimate of drug-likeness (QED) is 0.704. The van der Waals surface area contributed by atoms with Gasteiger partial charge in [0.15, 0.2) is 0 Å². The van der Waals surface area contributed by atoms with E-state index in [4.69, 9.17) is 5.11 Å². The van der Waals surface area contributed by atoms with Crippen LogP contribution in [0.25, 0.3) is 0 Å². The molecule has 1 atom stereocenters. The average molecular weight is 180 g/mol. The summed E-state index contributed by atoms with van der Waals surface area (Å²) in [5.41, 5.74) is 1.55. The van der Waals surface area contributed by atoms with E-state index in [0.29, 0.717) is 5.69 Å². The van der Waals surface area contributed by atoms with E-state index >= 15 is 0 Å². The number of hydrogen-bond acceptors (Lipinski definition) is 3. The Balaban J connectivity index is 2.75. The number of amides is 1. The number of hydrogen-bond donors (Lipinski definition) is 2. The Morgan fingerprint density at radius 1 is 1.69 bits per heavy atom. The van der Waals surface area contributed by atoms with Gasteiger partial charge in [-0.1, -0.05) is 0 Å². The predicted octanol–water partition coefficient (Wildman–Crippen LogP) is 0.709. The van der Waals surface area contributed by atoms with Crippen LogP contribution in [-0.2, 0) is 4.79 Å². The Kier molecular flexibility index (Phi) is 2.97. The molecule has 1 rings (SSSR count). The second-order valence-electron chi connectivity index (χ2n) is 2.86. The number of nitrogens with one attached hydrogen (secondary N) is 1. The van der Waals surface area contributed by atoms with Crippen molar-refractivity contribution in [1.82, 2.24) is 4.98 Å². The molecular weight excluding hydrogens is 168 g/mol. The third kappa shape index (κ3) is 2.52. The molecule has 0 saturated carbocycles. The van der Waals surface area contributed by atoms with Gasteiger partial charge in [-0.25, -0.2) is 0 Å². The Morgan fingerprint density at radius 3 is 2.92 bits per heavy atom. The third-order valence-corrected chi connectivity index (χ3v) is 1.68. The molecule has 0 spiro atoms. The van der Waals surface area contributed by atoms with Crippen LogP contribution >= 0.6 is 0 Å². The van der Waals surface area contributed by atoms with Gasteiger partial charge < -0.3 is 10.4 Å². The number of aryl methyl sites for hydroxylation is 1. The van der Waals surface area contributed by atoms with Gasteiger partial charge in [-0.15, -0.1) is 0 Å². The number of anilines is 1. The van der Waals surface area contributed by atoms with Crippen LogP contribution in [0.3, 0.4) is 0 Å². The summed E-state index contributed by atoms with van der Waals surface area (Å²) in [4.78, 5) is 14.9. The topological polar surface area (TPSA) is 62.2 Å². The lowest BCUT2D eigenvalue weighted by molar-refractivity contribution is -0.123. The smallest absolute Gasteiger partial charge is 0.252 e. The van der Waals surface area contributed by atoms with Gasteiger partial charge in [-0.3, -0.25) is 9.78 Å². The van der Waals surface area contributed by atoms with Crippen molar-refractivity contribution >= 4 is 11.6 Å². The van der Waals surface area contributed by atoms with Crippen LogP contribution in [0, 0.1) is 6.92 Å². The normalized spacial score (nSPS) is 12.2. The lowest BCUT2D eigenvalue weighted by Gasteiger charge is -2.08. The average Bonchev–Trinajstić information content (AvgIpc) is 2.08. The van der Waals surface area contributed by atoms with Gasteiger partial charge in [0.05, 0.1) is 11.9 Å². The van der Waals surface area contributed by atoms with E-state index in [2.05, 4.69) is 10.3 Å². The second-order valence-corrected chi connectivity index (χ2v) is 2.86. The first-order valence-corrected chi connectivity index (χ1v) is 4.01. The molecular formula is C9H12N2O2. The molecule has 0 aliphatic rings. The van der Waals surface area contributed by atoms with Gasteiger partial charge in [0.1, 0.15) is 6.10 Å². The minimum absolute atomic E-state index is 0.420. The summed E-state index contributed by atoms with van der Waals surface area (Å²) in [5.74, 6) is -0.420. The van der Waals surface area contributed by atoms with E-state index < -0.39 is 12.0 Å². The van der Waals surface area contributed by atoms with E-state index in [1.165, 1.54) is 6.92 Å². The molecule has 0 aromatic carbocycles. The van der Waals surface area contributed by atoms with Gasteiger partial charge in [-0.2, -0.15) is 0 Å². The maximum atomic E-state index is 11.1. The van der Waals surface area contributed by atoms with E-state index in [1.807, 2.05) is 6.92 Å². The summed E-state index contributed by atoms with van der Waals surface area (Å²) in [7, 11) is 0. The first kappa shape index (κ1) is 9.67. The van der Waals surface area contributed by atoms with Gasteiger partial charge in [0.25, 0.3) is 5.91 Å². The monoisotopic (exact) mass is 180 g/mol. The highest BCUT2D eigenvalue weighted by Crippen LogP contribution is 2.11. The summed E-state index contributed by atoms with van der Waals surface area (Å²) in [5, 5.41) is 11.5. The SMILES string of the molecule is Cc1ccncc1NC(=O)[C@H](C)O. The summed E-state index contributed by atoms with van der Waals surface area (Å²) in [6.45, 7) is 3.28. The Hall–Kier alpha value is -1.42. The Bertz CT molecular complexity index is 310. The molecule has 1 aromatic heterocycles. The molecule has 1 heterocycles. The lowest BCUT2D eigenvalue weighted by atomic mass is 10.2. The summed E-state index contributed by atoms with van der Waals surface area (Å²) in [6, 6.07) is 1.79. The van der Waals surface area contributed by atoms with Crippen LogP contribution in [0.2, 0.25) is 0 Å². The van der Waals surface area contributed by atoms with E-state index in [0.717, 1.165) is 5.56 Å². The number of pyridine rings is 1. The van der Waals surface area contributed by atoms with Gasteiger partial charge in [-0.05, 0) is 25.5 Å². The molecule has 0 bridgehead atoms. The van der Waals surface area contributed by atoms with Crippen LogP contribution < -0.4 is 5.32 Å². The number of carbonyl (C=O) groups excluding carboxylic acids is 1. The molecule has 0 aliphatic heterocycles. The lowest BCUT2D eigenvalue weighted by Crippen LogP contribution is -2.24. The molecule has 4 nitrogen and oxygen atoms in total. The molecule has 70 valence electrons. The highest BCUT2D eigenvalue weighted by Gasteiger charge is 2.09. The number of rotatable bonds is 2. The largest absolute Gasteiger partial charge is 0.384 e. The fourth-order valence-corrected chi connectivity index (χ4v) is 0.832. The van der Waals surface area contributed by atoms with Gasteiger partial charge >= 0.3 is 0 Å². The number of aliphatic hydroxyl groups excluding tert-OH is 1. The van der Waals surface area contributed by atoms with Crippen molar-refractivity contribution in [3.8, 4) is 0 Å². The first-order chi connectivity index (χ1) is 6.11. The van der Waals surface area contributed by atoms with E-state index in [-0.39, 0.29) is 0 Å². The first-order valence-electron chi connectivity index (χ1n) is 4.01. The number of carbonyl (C=O) groups is 1. The van der Waals surface area contributed by atoms with Crippen LogP contribution in [0.15, 0.2) is 18.5 Å². The number of aromatic nitrogens is 1. The van der Waals surface area contributed by atoms with Gasteiger partial charge in [0.2, 0.25) is 0 Å². The molecule has 4 heteroatoms. The number of nitrogens with zero attached hydrogens (tertiary/aromatic N) is 1. The molecule has 2 N–H and O–H groups in total. The zero-order valence-corrected chi connectivity index (χ0v) is 7.61. The van der Waals surface area contributed by atoms with Crippen molar-refractivity contribution in [2.45, 2.75) is 20.0 Å². The molecule has 0 saturated heterocycles. The highest BCUT2D eigenvalue weighted by molar-refractivity contribution is 5.94. The molecule has 0 fully saturated rings. The summed E-state index contributed by atoms with van der Waals surface area (Å²) >= 11 is 0. The van der Waals surface area contributed by atoms with Crippen LogP contribution in [0.5, 0.6) is 0 Å². The summed E-state index contributed by atoms with van der Waals surface area (Å²) in [6.07, 6.45) is 2.20. The predicted molar refractivity (Wildman–Crippen MR) is 49.3 cm³/mol. The van der Waals surface area contributed by atoms with Crippen molar-refractivity contribution < 1.29 is 9.90 Å². The van der Waals surface area contributed by atoms with Crippen molar-refractivity contribution in [3.63, 3.8) is 0 Å². The molecule has 13 heavy (non-hydrogen) atoms. The highest BCUT2D eigenvalue weighted by atomic mass is 16.3. The standard InChI is InChI=1S/C9H12N2O2/c1-6-3-4-10-5-8(6)11-9(13)7(2)12/h3-5,7,12H,1-2H3,(H,11,13)/t7-/m0/s1. The molecule has 0 aliphatic carbocycles. The van der Waals surface area contributed by atoms with Crippen LogP contribution in [0.4, 0.5) is 5.69 Å². The Labute approximate surface area is 76.6 Å². The van der Waals surface area contributed by atoms with Crippen LogP contribution in [0.1, 0.15) is 12.5 Å². The number of aliphatic hydroxyl groups is 1. The van der Waals surface area contributed by atoms with Gasteiger partial charge in [0, 0.05) is 6.20 Å². The van der Waals surface area contributed by atoms with Crippen molar-refractivity contribution in [1.29, 1.82) is 0 Å². The minimum Gasteiger partial charge on any atom is -0.384 e. The third-order valence-electron chi connectivity index (χ3n) is 1.68. The fourth-order valence-electron chi connectivity index (χ4n) is 0.832. The zero-order valence-electron chi connectivity index (χ0n) is 7.61. The zero-order chi connectivity index (χ0) is 9.84. The molecule has 1 aromatic rings. The second kappa shape index (κ2) is 4.00. The van der Waals surface area contributed by atoms with Crippen molar-refractivity contribution in [3.05, 3.63) is 24.0 Å².